The molecule has 1 aliphatic rings. The van der Waals surface area contributed by atoms with Crippen molar-refractivity contribution in [3.63, 3.8) is 0 Å². The Balaban J connectivity index is 1.81. The summed E-state index contributed by atoms with van der Waals surface area (Å²) in [5.41, 5.74) is 3.27. The van der Waals surface area contributed by atoms with Crippen molar-refractivity contribution in [1.29, 1.82) is 0 Å². The molecule has 0 aliphatic carbocycles. The molecule has 0 amide bonds. The van der Waals surface area contributed by atoms with Gasteiger partial charge in [-0.15, -0.1) is 0 Å². The lowest BCUT2D eigenvalue weighted by molar-refractivity contribution is 0.171. The van der Waals surface area contributed by atoms with E-state index in [1.54, 1.807) is 11.8 Å². The van der Waals surface area contributed by atoms with Crippen molar-refractivity contribution in [2.75, 3.05) is 20.3 Å². The third kappa shape index (κ3) is 3.58. The molecule has 0 saturated carbocycles. The number of fused-ring (bicyclic) bond motifs is 1. The molecule has 0 saturated heterocycles. The second-order valence-corrected chi connectivity index (χ2v) is 6.70. The Morgan fingerprint density at radius 1 is 1.24 bits per heavy atom. The molecule has 3 rings (SSSR count). The van der Waals surface area contributed by atoms with E-state index in [-0.39, 0.29) is 6.04 Å². The van der Waals surface area contributed by atoms with Crippen molar-refractivity contribution in [3.8, 4) is 17.4 Å². The van der Waals surface area contributed by atoms with Crippen LogP contribution in [0.2, 0.25) is 0 Å². The summed E-state index contributed by atoms with van der Waals surface area (Å²) in [6.07, 6.45) is 0. The van der Waals surface area contributed by atoms with Crippen molar-refractivity contribution >= 4 is 0 Å². The molecule has 0 radical (unpaired) electrons. The summed E-state index contributed by atoms with van der Waals surface area (Å²) in [5, 5.41) is 8.11. The van der Waals surface area contributed by atoms with Gasteiger partial charge in [0.25, 0.3) is 0 Å². The predicted molar refractivity (Wildman–Crippen MR) is 96.3 cm³/mol. The average molecular weight is 345 g/mol. The first kappa shape index (κ1) is 17.6. The molecule has 0 spiro atoms. The number of hydrogen-bond donors (Lipinski definition) is 1. The van der Waals surface area contributed by atoms with Crippen LogP contribution >= 0.6 is 0 Å². The average Bonchev–Trinajstić information content (AvgIpc) is 2.87. The highest BCUT2D eigenvalue weighted by Crippen LogP contribution is 2.34. The third-order valence-electron chi connectivity index (χ3n) is 4.57. The largest absolute Gasteiger partial charge is 0.486 e. The minimum atomic E-state index is 0.195. The molecule has 1 aromatic heterocycles. The summed E-state index contributed by atoms with van der Waals surface area (Å²) in [6, 6.07) is 6.38. The second-order valence-electron chi connectivity index (χ2n) is 6.70. The van der Waals surface area contributed by atoms with Gasteiger partial charge in [-0.2, -0.15) is 5.10 Å². The van der Waals surface area contributed by atoms with E-state index in [1.165, 1.54) is 5.56 Å². The molecule has 2 heterocycles. The van der Waals surface area contributed by atoms with Crippen LogP contribution in [-0.4, -0.2) is 30.1 Å². The number of methoxy groups -OCH3 is 1. The van der Waals surface area contributed by atoms with Crippen LogP contribution in [0.3, 0.4) is 0 Å². The van der Waals surface area contributed by atoms with E-state index < -0.39 is 0 Å². The maximum absolute atomic E-state index is 5.73. The van der Waals surface area contributed by atoms with Crippen molar-refractivity contribution in [2.24, 2.45) is 13.0 Å². The topological polar surface area (TPSA) is 57.5 Å². The molecule has 1 atom stereocenters. The molecule has 1 unspecified atom stereocenters. The molecular weight excluding hydrogens is 318 g/mol. The molecule has 0 fully saturated rings. The maximum atomic E-state index is 5.73. The molecule has 25 heavy (non-hydrogen) atoms. The molecule has 0 bridgehead atoms. The van der Waals surface area contributed by atoms with Crippen LogP contribution in [0.15, 0.2) is 18.2 Å². The van der Waals surface area contributed by atoms with E-state index >= 15 is 0 Å². The fraction of sp³-hybridized carbons (Fsp3) is 0.526. The number of nitrogens with one attached hydrogen (secondary N) is 1. The molecule has 136 valence electrons. The van der Waals surface area contributed by atoms with Crippen LogP contribution in [0, 0.1) is 12.8 Å². The van der Waals surface area contributed by atoms with E-state index in [0.29, 0.717) is 25.7 Å². The Hall–Kier alpha value is -2.21. The quantitative estimate of drug-likeness (QED) is 0.872. The number of ether oxygens (including phenoxy) is 3. The Bertz CT molecular complexity index is 740. The van der Waals surface area contributed by atoms with Gasteiger partial charge < -0.3 is 19.5 Å². The Morgan fingerprint density at radius 2 is 1.96 bits per heavy atom. The lowest BCUT2D eigenvalue weighted by atomic mass is 9.95. The fourth-order valence-electron chi connectivity index (χ4n) is 3.34. The molecule has 2 aromatic rings. The highest BCUT2D eigenvalue weighted by atomic mass is 16.6. The summed E-state index contributed by atoms with van der Waals surface area (Å²) < 4.78 is 18.6. The van der Waals surface area contributed by atoms with Gasteiger partial charge in [-0.25, -0.2) is 4.68 Å². The van der Waals surface area contributed by atoms with Gasteiger partial charge in [0, 0.05) is 19.6 Å². The van der Waals surface area contributed by atoms with Crippen LogP contribution in [0.1, 0.15) is 36.7 Å². The van der Waals surface area contributed by atoms with Gasteiger partial charge in [-0.3, -0.25) is 0 Å². The standard InChI is InChI=1S/C19H27N3O3/c1-12(2)18(14-6-7-16-17(10-14)25-9-8-24-16)20-11-15-13(3)21-22(4)19(15)23-5/h6-7,10,12,18,20H,8-9,11H2,1-5H3. The van der Waals surface area contributed by atoms with E-state index in [2.05, 4.69) is 36.4 Å². The number of aromatic nitrogens is 2. The van der Waals surface area contributed by atoms with Gasteiger partial charge in [-0.1, -0.05) is 19.9 Å². The van der Waals surface area contributed by atoms with Crippen LogP contribution < -0.4 is 19.5 Å². The third-order valence-corrected chi connectivity index (χ3v) is 4.57. The number of hydrogen-bond acceptors (Lipinski definition) is 5. The molecule has 1 aliphatic heterocycles. The maximum Gasteiger partial charge on any atom is 0.216 e. The lowest BCUT2D eigenvalue weighted by Gasteiger charge is -2.25. The van der Waals surface area contributed by atoms with Gasteiger partial charge in [0.1, 0.15) is 13.2 Å². The van der Waals surface area contributed by atoms with Crippen molar-refractivity contribution in [1.82, 2.24) is 15.1 Å². The Kier molecular flexibility index (Phi) is 5.18. The van der Waals surface area contributed by atoms with Crippen LogP contribution in [-0.2, 0) is 13.6 Å². The smallest absolute Gasteiger partial charge is 0.216 e. The normalized spacial score (nSPS) is 14.6. The monoisotopic (exact) mass is 345 g/mol. The first-order valence-corrected chi connectivity index (χ1v) is 8.70. The van der Waals surface area contributed by atoms with E-state index in [0.717, 1.165) is 28.6 Å². The fourth-order valence-corrected chi connectivity index (χ4v) is 3.34. The first-order chi connectivity index (χ1) is 12.0. The highest BCUT2D eigenvalue weighted by Gasteiger charge is 2.21. The zero-order valence-corrected chi connectivity index (χ0v) is 15.6. The molecule has 1 aromatic carbocycles. The first-order valence-electron chi connectivity index (χ1n) is 8.70. The summed E-state index contributed by atoms with van der Waals surface area (Å²) >= 11 is 0. The number of benzene rings is 1. The van der Waals surface area contributed by atoms with E-state index in [1.807, 2.05) is 20.0 Å². The minimum absolute atomic E-state index is 0.195. The highest BCUT2D eigenvalue weighted by molar-refractivity contribution is 5.45. The SMILES string of the molecule is COc1c(CNC(c2ccc3c(c2)OCCO3)C(C)C)c(C)nn1C. The van der Waals surface area contributed by atoms with Crippen LogP contribution in [0.4, 0.5) is 0 Å². The van der Waals surface area contributed by atoms with Gasteiger partial charge in [-0.05, 0) is 30.5 Å². The minimum Gasteiger partial charge on any atom is -0.486 e. The van der Waals surface area contributed by atoms with Gasteiger partial charge in [0.15, 0.2) is 11.5 Å². The number of aryl methyl sites for hydroxylation is 2. The number of rotatable bonds is 6. The molecule has 6 heteroatoms. The van der Waals surface area contributed by atoms with Crippen molar-refractivity contribution in [3.05, 3.63) is 35.0 Å². The zero-order valence-electron chi connectivity index (χ0n) is 15.6. The van der Waals surface area contributed by atoms with Crippen LogP contribution in [0.25, 0.3) is 0 Å². The summed E-state index contributed by atoms with van der Waals surface area (Å²) in [4.78, 5) is 0. The predicted octanol–water partition coefficient (Wildman–Crippen LogP) is 3.00. The zero-order chi connectivity index (χ0) is 18.0. The van der Waals surface area contributed by atoms with Crippen molar-refractivity contribution < 1.29 is 14.2 Å². The Labute approximate surface area is 149 Å². The van der Waals surface area contributed by atoms with Gasteiger partial charge in [0.05, 0.1) is 18.4 Å². The Morgan fingerprint density at radius 3 is 2.64 bits per heavy atom. The van der Waals surface area contributed by atoms with E-state index in [9.17, 15) is 0 Å². The second kappa shape index (κ2) is 7.35. The lowest BCUT2D eigenvalue weighted by Crippen LogP contribution is -2.26. The van der Waals surface area contributed by atoms with Crippen molar-refractivity contribution in [2.45, 2.75) is 33.4 Å². The molecule has 1 N–H and O–H groups in total. The summed E-state index contributed by atoms with van der Waals surface area (Å²) in [7, 11) is 3.58. The summed E-state index contributed by atoms with van der Waals surface area (Å²) in [5.74, 6) is 2.87. The summed E-state index contributed by atoms with van der Waals surface area (Å²) in [6.45, 7) is 8.33. The molecule has 6 nitrogen and oxygen atoms in total. The van der Waals surface area contributed by atoms with Gasteiger partial charge >= 0.3 is 0 Å². The van der Waals surface area contributed by atoms with Crippen LogP contribution in [0.5, 0.6) is 17.4 Å². The molecular formula is C19H27N3O3. The number of nitrogens with zero attached hydrogens (tertiary/aromatic N) is 2. The van der Waals surface area contributed by atoms with E-state index in [4.69, 9.17) is 14.2 Å². The van der Waals surface area contributed by atoms with Gasteiger partial charge in [0.2, 0.25) is 5.88 Å².